The minimum Gasteiger partial charge on any atom is -0.479 e. The first-order valence-corrected chi connectivity index (χ1v) is 7.06. The number of hydrogen-bond donors (Lipinski definition) is 1. The van der Waals surface area contributed by atoms with Crippen LogP contribution in [-0.4, -0.2) is 17.7 Å². The molecule has 0 saturated heterocycles. The summed E-state index contributed by atoms with van der Waals surface area (Å²) >= 11 is 0. The van der Waals surface area contributed by atoms with Crippen molar-refractivity contribution in [2.24, 2.45) is 11.8 Å². The second-order valence-corrected chi connectivity index (χ2v) is 5.60. The average molecular weight is 262 g/mol. The lowest BCUT2D eigenvalue weighted by Gasteiger charge is -2.27. The number of benzene rings is 1. The Balaban J connectivity index is 1.93. The first-order valence-electron chi connectivity index (χ1n) is 7.06. The van der Waals surface area contributed by atoms with Crippen molar-refractivity contribution in [3.63, 3.8) is 0 Å². The topological polar surface area (TPSA) is 46.5 Å². The summed E-state index contributed by atoms with van der Waals surface area (Å²) in [5.41, 5.74) is 0.721. The Morgan fingerprint density at radius 3 is 2.74 bits per heavy atom. The van der Waals surface area contributed by atoms with E-state index >= 15 is 0 Å². The summed E-state index contributed by atoms with van der Waals surface area (Å²) in [4.78, 5) is 11.3. The molecule has 0 amide bonds. The molecule has 0 aromatic heterocycles. The number of rotatable bonds is 5. The lowest BCUT2D eigenvalue weighted by atomic mass is 9.83. The van der Waals surface area contributed by atoms with Crippen LogP contribution in [0.25, 0.3) is 0 Å². The zero-order valence-electron chi connectivity index (χ0n) is 11.4. The maximum Gasteiger partial charge on any atom is 0.337 e. The smallest absolute Gasteiger partial charge is 0.337 e. The summed E-state index contributed by atoms with van der Waals surface area (Å²) < 4.78 is 5.68. The van der Waals surface area contributed by atoms with Crippen LogP contribution in [0.15, 0.2) is 30.3 Å². The number of carboxylic acid groups (broad SMARTS) is 1. The fourth-order valence-electron chi connectivity index (χ4n) is 2.88. The van der Waals surface area contributed by atoms with E-state index in [4.69, 9.17) is 4.74 Å². The van der Waals surface area contributed by atoms with E-state index in [9.17, 15) is 9.90 Å². The van der Waals surface area contributed by atoms with Gasteiger partial charge < -0.3 is 9.84 Å². The van der Waals surface area contributed by atoms with Gasteiger partial charge in [0.1, 0.15) is 0 Å². The van der Waals surface area contributed by atoms with Gasteiger partial charge in [-0.25, -0.2) is 4.79 Å². The molecule has 0 radical (unpaired) electrons. The minimum atomic E-state index is -0.907. The van der Waals surface area contributed by atoms with Gasteiger partial charge in [0.15, 0.2) is 6.10 Å². The van der Waals surface area contributed by atoms with Crippen molar-refractivity contribution >= 4 is 5.97 Å². The molecule has 3 nitrogen and oxygen atoms in total. The molecule has 1 aliphatic carbocycles. The Morgan fingerprint density at radius 2 is 2.11 bits per heavy atom. The molecule has 1 fully saturated rings. The van der Waals surface area contributed by atoms with E-state index in [0.717, 1.165) is 24.3 Å². The van der Waals surface area contributed by atoms with Crippen molar-refractivity contribution in [3.05, 3.63) is 35.9 Å². The van der Waals surface area contributed by atoms with E-state index in [-0.39, 0.29) is 0 Å². The van der Waals surface area contributed by atoms with Gasteiger partial charge in [-0.1, -0.05) is 50.1 Å². The fraction of sp³-hybridized carbons (Fsp3) is 0.562. The third-order valence-corrected chi connectivity index (χ3v) is 3.87. The molecule has 3 atom stereocenters. The lowest BCUT2D eigenvalue weighted by molar-refractivity contribution is -0.152. The maximum atomic E-state index is 11.3. The molecule has 3 unspecified atom stereocenters. The van der Waals surface area contributed by atoms with E-state index < -0.39 is 12.1 Å². The molecule has 1 N–H and O–H groups in total. The van der Waals surface area contributed by atoms with Crippen molar-refractivity contribution in [2.75, 3.05) is 6.61 Å². The van der Waals surface area contributed by atoms with Crippen molar-refractivity contribution in [2.45, 2.75) is 38.7 Å². The van der Waals surface area contributed by atoms with Gasteiger partial charge in [0.25, 0.3) is 0 Å². The van der Waals surface area contributed by atoms with E-state index in [0.29, 0.717) is 12.5 Å². The highest BCUT2D eigenvalue weighted by molar-refractivity contribution is 5.74. The molecule has 0 aliphatic heterocycles. The second kappa shape index (κ2) is 6.71. The molecular formula is C16H22O3. The Labute approximate surface area is 114 Å². The highest BCUT2D eigenvalue weighted by Gasteiger charge is 2.24. The molecular weight excluding hydrogens is 240 g/mol. The van der Waals surface area contributed by atoms with Gasteiger partial charge in [-0.3, -0.25) is 0 Å². The van der Waals surface area contributed by atoms with Crippen LogP contribution in [-0.2, 0) is 9.53 Å². The van der Waals surface area contributed by atoms with Gasteiger partial charge in [0, 0.05) is 0 Å². The summed E-state index contributed by atoms with van der Waals surface area (Å²) in [6, 6.07) is 9.18. The quantitative estimate of drug-likeness (QED) is 0.881. The summed E-state index contributed by atoms with van der Waals surface area (Å²) in [5.74, 6) is 0.340. The number of ether oxygens (including phenoxy) is 1. The number of aliphatic carboxylic acids is 1. The molecule has 2 rings (SSSR count). The first-order chi connectivity index (χ1) is 9.16. The molecule has 19 heavy (non-hydrogen) atoms. The predicted octanol–water partition coefficient (Wildman–Crippen LogP) is 3.66. The molecule has 1 aliphatic rings. The van der Waals surface area contributed by atoms with Crippen LogP contribution in [0.1, 0.15) is 44.3 Å². The predicted molar refractivity (Wildman–Crippen MR) is 73.9 cm³/mol. The molecule has 0 heterocycles. The minimum absolute atomic E-state index is 0.509. The van der Waals surface area contributed by atoms with Crippen molar-refractivity contribution < 1.29 is 14.6 Å². The molecule has 1 saturated carbocycles. The third-order valence-electron chi connectivity index (χ3n) is 3.87. The van der Waals surface area contributed by atoms with Gasteiger partial charge in [0.05, 0.1) is 6.61 Å². The summed E-state index contributed by atoms with van der Waals surface area (Å²) in [6.07, 6.45) is 4.00. The molecule has 104 valence electrons. The monoisotopic (exact) mass is 262 g/mol. The van der Waals surface area contributed by atoms with Gasteiger partial charge >= 0.3 is 5.97 Å². The molecule has 1 aromatic carbocycles. The average Bonchev–Trinajstić information content (AvgIpc) is 2.40. The van der Waals surface area contributed by atoms with E-state index in [1.165, 1.54) is 12.8 Å². The van der Waals surface area contributed by atoms with E-state index in [2.05, 4.69) is 6.92 Å². The number of carboxylic acids is 1. The Hall–Kier alpha value is -1.35. The Morgan fingerprint density at radius 1 is 1.37 bits per heavy atom. The number of carbonyl (C=O) groups is 1. The van der Waals surface area contributed by atoms with Crippen LogP contribution in [0.4, 0.5) is 0 Å². The Bertz CT molecular complexity index is 402. The summed E-state index contributed by atoms with van der Waals surface area (Å²) in [7, 11) is 0. The third kappa shape index (κ3) is 4.06. The van der Waals surface area contributed by atoms with Gasteiger partial charge in [-0.2, -0.15) is 0 Å². The molecule has 0 bridgehead atoms. The maximum absolute atomic E-state index is 11.3. The highest BCUT2D eigenvalue weighted by Crippen LogP contribution is 2.30. The second-order valence-electron chi connectivity index (χ2n) is 5.60. The lowest BCUT2D eigenvalue weighted by Crippen LogP contribution is -2.22. The van der Waals surface area contributed by atoms with Gasteiger partial charge in [-0.15, -0.1) is 0 Å². The van der Waals surface area contributed by atoms with Crippen molar-refractivity contribution in [3.8, 4) is 0 Å². The summed E-state index contributed by atoms with van der Waals surface area (Å²) in [6.45, 7) is 2.81. The van der Waals surface area contributed by atoms with Crippen LogP contribution in [0.5, 0.6) is 0 Å². The SMILES string of the molecule is CC1CCCC(COC(C(=O)O)c2ccccc2)C1. The normalized spacial score (nSPS) is 24.9. The van der Waals surface area contributed by atoms with Crippen LogP contribution < -0.4 is 0 Å². The van der Waals surface area contributed by atoms with Gasteiger partial charge in [0.2, 0.25) is 0 Å². The zero-order chi connectivity index (χ0) is 13.7. The Kier molecular flexibility index (Phi) is 4.97. The molecule has 3 heteroatoms. The van der Waals surface area contributed by atoms with Crippen molar-refractivity contribution in [1.82, 2.24) is 0 Å². The molecule has 1 aromatic rings. The van der Waals surface area contributed by atoms with E-state index in [1.807, 2.05) is 30.3 Å². The molecule has 0 spiro atoms. The largest absolute Gasteiger partial charge is 0.479 e. The highest BCUT2D eigenvalue weighted by atomic mass is 16.5. The van der Waals surface area contributed by atoms with Crippen LogP contribution >= 0.6 is 0 Å². The van der Waals surface area contributed by atoms with Crippen LogP contribution in [0, 0.1) is 11.8 Å². The standard InChI is InChI=1S/C16H22O3/c1-12-6-5-7-13(10-12)11-19-15(16(17)18)14-8-3-2-4-9-14/h2-4,8-9,12-13,15H,5-7,10-11H2,1H3,(H,17,18). The number of hydrogen-bond acceptors (Lipinski definition) is 2. The summed E-state index contributed by atoms with van der Waals surface area (Å²) in [5, 5.41) is 9.28. The zero-order valence-corrected chi connectivity index (χ0v) is 11.4. The fourth-order valence-corrected chi connectivity index (χ4v) is 2.88. The van der Waals surface area contributed by atoms with Crippen LogP contribution in [0.2, 0.25) is 0 Å². The first kappa shape index (κ1) is 14.1. The van der Waals surface area contributed by atoms with Gasteiger partial charge in [-0.05, 0) is 30.2 Å². The van der Waals surface area contributed by atoms with Crippen molar-refractivity contribution in [1.29, 1.82) is 0 Å². The van der Waals surface area contributed by atoms with E-state index in [1.54, 1.807) is 0 Å². The van der Waals surface area contributed by atoms with Crippen LogP contribution in [0.3, 0.4) is 0 Å².